The molecule has 0 fully saturated rings. The summed E-state index contributed by atoms with van der Waals surface area (Å²) in [6, 6.07) is 22.4. The normalized spacial score (nSPS) is 10.1. The van der Waals surface area contributed by atoms with Crippen LogP contribution in [0.4, 0.5) is 24.0 Å². The predicted molar refractivity (Wildman–Crippen MR) is 531 cm³/mol. The number of benzene rings is 3. The van der Waals surface area contributed by atoms with Crippen molar-refractivity contribution in [1.82, 2.24) is 37.2 Å². The smallest absolute Gasteiger partial charge is 0.410 e. The predicted octanol–water partition coefficient (Wildman–Crippen LogP) is 13.2. The summed E-state index contributed by atoms with van der Waals surface area (Å²) in [5.41, 5.74) is 2.48. The Hall–Kier alpha value is -11.7. The van der Waals surface area contributed by atoms with Gasteiger partial charge in [-0.05, 0) is 113 Å². The fourth-order valence-corrected chi connectivity index (χ4v) is 12.9. The number of hydrogen-bond donors (Lipinski definition) is 7. The molecule has 0 spiro atoms. The molecule has 5 amide bonds. The Morgan fingerprint density at radius 2 is 0.754 bits per heavy atom. The highest BCUT2D eigenvalue weighted by Crippen LogP contribution is 2.26. The van der Waals surface area contributed by atoms with Crippen LogP contribution >= 0.6 is 81.3 Å². The fourth-order valence-electron chi connectivity index (χ4n) is 7.40. The van der Waals surface area contributed by atoms with Crippen molar-refractivity contribution >= 4 is 173 Å². The van der Waals surface area contributed by atoms with Crippen LogP contribution in [-0.4, -0.2) is 262 Å². The highest BCUT2D eigenvalue weighted by molar-refractivity contribution is 8.76. The molecule has 3 aromatic rings. The van der Waals surface area contributed by atoms with Gasteiger partial charge in [0.1, 0.15) is 97.4 Å². The van der Waals surface area contributed by atoms with Gasteiger partial charge in [-0.15, -0.1) is 19.7 Å². The van der Waals surface area contributed by atoms with Gasteiger partial charge < -0.3 is 108 Å². The topological polar surface area (TPSA) is 462 Å². The maximum absolute atomic E-state index is 12.6. The average molecular weight is 2030 g/mol. The molecule has 0 bridgehead atoms. The van der Waals surface area contributed by atoms with Gasteiger partial charge in [0.15, 0.2) is 0 Å². The molecule has 1 unspecified atom stereocenters. The molecule has 742 valence electrons. The first-order chi connectivity index (χ1) is 63.8. The Morgan fingerprint density at radius 1 is 0.396 bits per heavy atom. The van der Waals surface area contributed by atoms with E-state index in [0.717, 1.165) is 34.7 Å². The summed E-state index contributed by atoms with van der Waals surface area (Å²) in [4.78, 5) is 138. The van der Waals surface area contributed by atoms with Crippen molar-refractivity contribution < 1.29 is 137 Å². The van der Waals surface area contributed by atoms with E-state index in [-0.39, 0.29) is 148 Å². The molecule has 44 heteroatoms. The molecule has 7 N–H and O–H groups in total. The number of ether oxygens (including phenoxy) is 15. The number of thiocarbonyl (C=S) groups is 2. The van der Waals surface area contributed by atoms with Gasteiger partial charge in [-0.25, -0.2) is 56.4 Å². The zero-order chi connectivity index (χ0) is 101. The standard InChI is InChI=1S/C23H35N3O11S.C20H32N2O8S2.C18H18O4S.C13H15NO3S.C10H15NO3S.C6H10S2/c1-14(2)18(27)33-10-7-24-21(30)36-17(37-22(31)25-8-11-34-19(28)15(3)4)13-38-23(32)26-9-12-35-20(29)16(5)6;1-15(2)17(23)27-7-5-21-19(25)29-9-11-31-13-14-32-12-10-30-20(26)22-6-8-28-18(24)16(3)4;1-3-13-21-15-5-9-17(10-6-15)23(19,20)18-11-7-16(8-12-18)22-14-4-2;1-2-12(15)16-8-9-17-13(18)14-10-11-6-4-3-5-7-11;1-4-5-11-10(15)14-7-6-13-9(12)8(2)3;1-3-5-7-8-6-4-2/h15,17H,1,5,7-13H2,2-4,6H3,(H,24,30)(H,25,31)(H,26,32);1,3,5-14H2,2,4H3,(H,21,25)(H,22,26);3-12H,1-2,13-14H2;2-7H,1,8-10H2,(H,14,18);4H,1-2,5-7H2,3H3,(H,11,15);3-4H,1-2,5-6H2. The zero-order valence-electron chi connectivity index (χ0n) is 76.6. The largest absolute Gasteiger partial charge is 0.490 e. The lowest BCUT2D eigenvalue weighted by Crippen LogP contribution is -2.38. The molecule has 1 atom stereocenters. The minimum atomic E-state index is -3.56. The van der Waals surface area contributed by atoms with E-state index < -0.39 is 87.5 Å². The van der Waals surface area contributed by atoms with E-state index in [9.17, 15) is 66.0 Å². The van der Waals surface area contributed by atoms with Gasteiger partial charge >= 0.3 is 66.2 Å². The van der Waals surface area contributed by atoms with Crippen molar-refractivity contribution in [2.75, 3.05) is 165 Å². The fraction of sp³-hybridized carbons (Fsp3) is 0.400. The Bertz CT molecular complexity index is 4190. The number of rotatable bonds is 58. The summed E-state index contributed by atoms with van der Waals surface area (Å²) < 4.78 is 99.9. The number of hydrogen-bond acceptors (Lipinski definition) is 36. The summed E-state index contributed by atoms with van der Waals surface area (Å²) in [5.74, 6) is 2.12. The number of carbonyl (C=O) groups is 12. The van der Waals surface area contributed by atoms with Crippen LogP contribution in [-0.2, 0) is 112 Å². The van der Waals surface area contributed by atoms with Crippen LogP contribution in [0.15, 0.2) is 225 Å². The van der Waals surface area contributed by atoms with Crippen molar-refractivity contribution in [2.45, 2.75) is 71.1 Å². The van der Waals surface area contributed by atoms with Crippen LogP contribution in [0.1, 0.15) is 54.0 Å². The minimum Gasteiger partial charge on any atom is -0.490 e. The van der Waals surface area contributed by atoms with E-state index in [1.165, 1.54) is 38.1 Å². The molecule has 0 aliphatic carbocycles. The summed E-state index contributed by atoms with van der Waals surface area (Å²) in [7, 11) is 0.0454. The van der Waals surface area contributed by atoms with Gasteiger partial charge in [0.2, 0.25) is 9.84 Å². The van der Waals surface area contributed by atoms with Crippen LogP contribution < -0.4 is 46.7 Å². The number of sulfone groups is 1. The van der Waals surface area contributed by atoms with Crippen LogP contribution in [0, 0.1) is 5.92 Å². The third-order valence-corrected chi connectivity index (χ3v) is 21.3. The summed E-state index contributed by atoms with van der Waals surface area (Å²) in [5, 5.41) is 17.8. The molecule has 0 saturated carbocycles. The molecule has 0 heterocycles. The number of amides is 5. The van der Waals surface area contributed by atoms with Crippen LogP contribution in [0.25, 0.3) is 0 Å². The Labute approximate surface area is 816 Å². The number of nitrogens with one attached hydrogen (secondary N) is 7. The van der Waals surface area contributed by atoms with Gasteiger partial charge in [-0.3, -0.25) is 9.59 Å². The highest BCUT2D eigenvalue weighted by Gasteiger charge is 2.23. The molecule has 134 heavy (non-hydrogen) atoms. The molecule has 3 rings (SSSR count). The van der Waals surface area contributed by atoms with Gasteiger partial charge in [0.05, 0.1) is 54.2 Å². The highest BCUT2D eigenvalue weighted by atomic mass is 33.1. The van der Waals surface area contributed by atoms with E-state index in [4.69, 9.17) is 95.5 Å². The van der Waals surface area contributed by atoms with Crippen molar-refractivity contribution in [3.63, 3.8) is 0 Å². The van der Waals surface area contributed by atoms with Gasteiger partial charge in [0, 0.05) is 81.5 Å². The molecule has 3 aromatic carbocycles. The SMILES string of the molecule is C=C(C)C(=O)OCCNC(=O)OC(CSC(=O)NCCOC(=O)C(=C)C)OC(=O)NCCOC(=O)C(C)C.C=C(C)C(=O)OCCNC(=O)OCCSCCSCCOC(=O)NCCOC(=O)C(=C)C.C=CC(=O)OCCOC(=S)NCc1ccccc1.C=CCNC(=S)OCCOC(=O)C(=C)C.C=CCOc1ccc(S(=O)(=O)c2ccc(OCC=C)cc2)cc1.C=CCSSCC=C. The van der Waals surface area contributed by atoms with Crippen molar-refractivity contribution in [3.05, 3.63) is 221 Å². The molecular weight excluding hydrogens is 1900 g/mol. The molecule has 0 saturated heterocycles. The van der Waals surface area contributed by atoms with Gasteiger partial charge in [-0.1, -0.05) is 161 Å². The third kappa shape index (κ3) is 74.8. The molecule has 0 aliphatic heterocycles. The lowest BCUT2D eigenvalue weighted by atomic mass is 10.2. The second kappa shape index (κ2) is 83.2. The number of alkyl carbamates (subject to hydrolysis) is 4. The second-order valence-corrected chi connectivity index (χ2v) is 34.5. The summed E-state index contributed by atoms with van der Waals surface area (Å²) >= 11 is 13.7. The monoisotopic (exact) mass is 2020 g/mol. The Balaban J connectivity index is -0.00000162. The third-order valence-electron chi connectivity index (χ3n) is 13.8. The first-order valence-electron chi connectivity index (χ1n) is 40.6. The molecule has 0 aromatic heterocycles. The zero-order valence-corrected chi connectivity index (χ0v) is 83.1. The molecular formula is C90H125N7O29S8. The molecule has 0 aliphatic rings. The Kier molecular flexibility index (Phi) is 78.5. The number of esters is 7. The van der Waals surface area contributed by atoms with E-state index in [0.29, 0.717) is 77.8 Å². The van der Waals surface area contributed by atoms with E-state index in [2.05, 4.69) is 110 Å². The van der Waals surface area contributed by atoms with Crippen LogP contribution in [0.3, 0.4) is 0 Å². The Morgan fingerprint density at radius 3 is 1.12 bits per heavy atom. The minimum absolute atomic E-state index is 0.0101. The summed E-state index contributed by atoms with van der Waals surface area (Å²) in [6.07, 6.45) is 5.21. The van der Waals surface area contributed by atoms with E-state index >= 15 is 0 Å². The number of thioether (sulfide) groups is 3. The maximum atomic E-state index is 12.6. The van der Waals surface area contributed by atoms with Crippen molar-refractivity contribution in [3.8, 4) is 11.5 Å². The van der Waals surface area contributed by atoms with Gasteiger partial charge in [-0.2, -0.15) is 23.5 Å². The van der Waals surface area contributed by atoms with E-state index in [1.807, 2.05) is 42.5 Å². The van der Waals surface area contributed by atoms with Crippen molar-refractivity contribution in [1.29, 1.82) is 0 Å². The van der Waals surface area contributed by atoms with E-state index in [1.54, 1.807) is 122 Å². The first-order valence-corrected chi connectivity index (χ1v) is 48.6. The molecule has 0 radical (unpaired) electrons. The van der Waals surface area contributed by atoms with Crippen molar-refractivity contribution in [2.24, 2.45) is 5.92 Å². The number of carbonyl (C=O) groups excluding carboxylic acids is 12. The molecule has 36 nitrogen and oxygen atoms in total. The quantitative estimate of drug-likeness (QED) is 0.00403. The maximum Gasteiger partial charge on any atom is 0.410 e. The van der Waals surface area contributed by atoms with Gasteiger partial charge in [0.25, 0.3) is 21.9 Å². The average Bonchev–Trinajstić information content (AvgIpc) is 0.802. The lowest BCUT2D eigenvalue weighted by Gasteiger charge is -2.18. The summed E-state index contributed by atoms with van der Waals surface area (Å²) in [6.45, 7) is 52.4. The van der Waals surface area contributed by atoms with Crippen LogP contribution in [0.2, 0.25) is 0 Å². The second-order valence-electron chi connectivity index (χ2n) is 25.8. The van der Waals surface area contributed by atoms with Crippen LogP contribution in [0.5, 0.6) is 11.5 Å². The lowest BCUT2D eigenvalue weighted by molar-refractivity contribution is -0.147. The first kappa shape index (κ1) is 126.